The molecule has 0 aliphatic heterocycles. The highest BCUT2D eigenvalue weighted by atomic mass is 79.9. The minimum atomic E-state index is -1.02. The predicted molar refractivity (Wildman–Crippen MR) is 107 cm³/mol. The second-order valence-corrected chi connectivity index (χ2v) is 8.15. The van der Waals surface area contributed by atoms with Crippen LogP contribution in [0.2, 0.25) is 0 Å². The third-order valence-electron chi connectivity index (χ3n) is 3.79. The van der Waals surface area contributed by atoms with Crippen LogP contribution in [0.5, 0.6) is 0 Å². The van der Waals surface area contributed by atoms with Crippen molar-refractivity contribution in [1.29, 1.82) is 0 Å². The summed E-state index contributed by atoms with van der Waals surface area (Å²) in [5, 5.41) is 12.2. The quantitative estimate of drug-likeness (QED) is 0.563. The fourth-order valence-corrected chi connectivity index (χ4v) is 3.16. The average molecular weight is 441 g/mol. The van der Waals surface area contributed by atoms with Crippen LogP contribution in [0.3, 0.4) is 0 Å². The van der Waals surface area contributed by atoms with Gasteiger partial charge in [0, 0.05) is 17.6 Å². The zero-order valence-corrected chi connectivity index (χ0v) is 17.3. The lowest BCUT2D eigenvalue weighted by Gasteiger charge is -2.19. The van der Waals surface area contributed by atoms with Gasteiger partial charge in [-0.2, -0.15) is 0 Å². The molecule has 1 aromatic heterocycles. The number of imidazole rings is 1. The molecule has 4 N–H and O–H groups in total. The molecule has 1 heterocycles. The van der Waals surface area contributed by atoms with Crippen molar-refractivity contribution in [2.45, 2.75) is 52.2 Å². The Labute approximate surface area is 166 Å². The number of aromatic nitrogens is 2. The number of anilines is 1. The number of rotatable bonds is 7. The number of benzene rings is 1. The maximum absolute atomic E-state index is 11.6. The molecule has 0 atom stereocenters. The molecule has 0 spiro atoms. The molecule has 9 heteroatoms. The maximum atomic E-state index is 11.6. The number of carbonyl (C=O) groups excluding carboxylic acids is 1. The van der Waals surface area contributed by atoms with Crippen LogP contribution < -0.4 is 11.1 Å². The van der Waals surface area contributed by atoms with Crippen molar-refractivity contribution in [3.05, 3.63) is 22.2 Å². The number of hydrogen-bond donors (Lipinski definition) is 3. The van der Waals surface area contributed by atoms with Gasteiger partial charge in [0.15, 0.2) is 0 Å². The van der Waals surface area contributed by atoms with Gasteiger partial charge in [0.2, 0.25) is 5.95 Å². The van der Waals surface area contributed by atoms with Crippen molar-refractivity contribution in [3.8, 4) is 0 Å². The van der Waals surface area contributed by atoms with Crippen LogP contribution >= 0.6 is 15.9 Å². The Kier molecular flexibility index (Phi) is 6.69. The van der Waals surface area contributed by atoms with Crippen LogP contribution in [0.1, 0.15) is 50.4 Å². The third-order valence-corrected chi connectivity index (χ3v) is 4.25. The highest BCUT2D eigenvalue weighted by molar-refractivity contribution is 9.10. The van der Waals surface area contributed by atoms with E-state index in [1.807, 2.05) is 20.8 Å². The first-order valence-corrected chi connectivity index (χ1v) is 9.53. The predicted octanol–water partition coefficient (Wildman–Crippen LogP) is 3.77. The summed E-state index contributed by atoms with van der Waals surface area (Å²) in [7, 11) is 0. The van der Waals surface area contributed by atoms with Crippen molar-refractivity contribution >= 4 is 45.0 Å². The molecule has 0 saturated carbocycles. The molecule has 0 unspecified atom stereocenters. The number of nitrogen functional groups attached to an aromatic ring is 1. The number of carboxylic acids is 1. The number of carboxylic acid groups (broad SMARTS) is 1. The number of carbonyl (C=O) groups is 2. The number of ether oxygens (including phenoxy) is 1. The van der Waals surface area contributed by atoms with Crippen molar-refractivity contribution in [2.75, 3.05) is 12.3 Å². The Morgan fingerprint density at radius 1 is 1.30 bits per heavy atom. The fourth-order valence-electron chi connectivity index (χ4n) is 2.72. The Morgan fingerprint density at radius 2 is 2.00 bits per heavy atom. The number of amides is 1. The van der Waals surface area contributed by atoms with Gasteiger partial charge in [-0.3, -0.25) is 0 Å². The Morgan fingerprint density at radius 3 is 2.63 bits per heavy atom. The minimum Gasteiger partial charge on any atom is -0.478 e. The van der Waals surface area contributed by atoms with Crippen molar-refractivity contribution in [1.82, 2.24) is 14.9 Å². The molecule has 0 aliphatic carbocycles. The van der Waals surface area contributed by atoms with E-state index in [1.165, 1.54) is 0 Å². The molecule has 0 bridgehead atoms. The second kappa shape index (κ2) is 8.60. The van der Waals surface area contributed by atoms with Gasteiger partial charge in [0.25, 0.3) is 0 Å². The monoisotopic (exact) mass is 440 g/mol. The fraction of sp³-hybridized carbons (Fsp3) is 0.500. The zero-order chi connectivity index (χ0) is 20.2. The van der Waals surface area contributed by atoms with E-state index >= 15 is 0 Å². The molecule has 1 aromatic carbocycles. The second-order valence-electron chi connectivity index (χ2n) is 7.24. The van der Waals surface area contributed by atoms with E-state index in [0.717, 1.165) is 19.3 Å². The molecular weight excluding hydrogens is 416 g/mol. The number of unbranched alkanes of at least 4 members (excludes halogenated alkanes) is 2. The van der Waals surface area contributed by atoms with E-state index in [4.69, 9.17) is 10.5 Å². The van der Waals surface area contributed by atoms with Crippen molar-refractivity contribution in [3.63, 3.8) is 0 Å². The molecular formula is C18H25BrN4O4. The van der Waals surface area contributed by atoms with Crippen LogP contribution in [0.4, 0.5) is 10.7 Å². The lowest BCUT2D eigenvalue weighted by molar-refractivity contribution is 0.0526. The molecule has 8 nitrogen and oxygen atoms in total. The number of fused-ring (bicyclic) bond motifs is 1. The van der Waals surface area contributed by atoms with E-state index in [0.29, 0.717) is 28.6 Å². The standard InChI is InChI=1S/C18H25BrN4O4/c1-18(2,3)27-17(26)21-7-5-4-6-8-23-14-12(15(24)25)9-11(19)10-13(14)22-16(23)20/h9-10H,4-8H2,1-3H3,(H2,20,22)(H,21,26)(H,24,25). The normalized spacial score (nSPS) is 11.6. The maximum Gasteiger partial charge on any atom is 0.407 e. The lowest BCUT2D eigenvalue weighted by Crippen LogP contribution is -2.33. The van der Waals surface area contributed by atoms with E-state index in [9.17, 15) is 14.7 Å². The largest absolute Gasteiger partial charge is 0.478 e. The van der Waals surface area contributed by atoms with Crippen molar-refractivity contribution in [2.24, 2.45) is 0 Å². The number of aromatic carboxylic acids is 1. The number of nitrogens with two attached hydrogens (primary N) is 1. The van der Waals surface area contributed by atoms with Gasteiger partial charge >= 0.3 is 12.1 Å². The van der Waals surface area contributed by atoms with Gasteiger partial charge in [-0.25, -0.2) is 14.6 Å². The van der Waals surface area contributed by atoms with E-state index in [1.54, 1.807) is 16.7 Å². The summed E-state index contributed by atoms with van der Waals surface area (Å²) < 4.78 is 7.55. The first-order valence-electron chi connectivity index (χ1n) is 8.74. The molecule has 27 heavy (non-hydrogen) atoms. The highest BCUT2D eigenvalue weighted by Crippen LogP contribution is 2.27. The summed E-state index contributed by atoms with van der Waals surface area (Å²) in [5.41, 5.74) is 6.70. The number of aryl methyl sites for hydroxylation is 1. The summed E-state index contributed by atoms with van der Waals surface area (Å²) in [5.74, 6) is -0.735. The first-order chi connectivity index (χ1) is 12.6. The van der Waals surface area contributed by atoms with Gasteiger partial charge in [-0.15, -0.1) is 0 Å². The topological polar surface area (TPSA) is 119 Å². The van der Waals surface area contributed by atoms with Crippen LogP contribution in [0.15, 0.2) is 16.6 Å². The van der Waals surface area contributed by atoms with Gasteiger partial charge in [0.05, 0.1) is 16.6 Å². The molecule has 2 aromatic rings. The third kappa shape index (κ3) is 5.85. The number of hydrogen-bond acceptors (Lipinski definition) is 5. The first kappa shape index (κ1) is 21.0. The number of nitrogens with zero attached hydrogens (tertiary/aromatic N) is 2. The molecule has 0 aliphatic rings. The number of nitrogens with one attached hydrogen (secondary N) is 1. The number of halogens is 1. The van der Waals surface area contributed by atoms with Gasteiger partial charge in [-0.05, 0) is 52.2 Å². The molecule has 0 fully saturated rings. The Balaban J connectivity index is 1.91. The van der Waals surface area contributed by atoms with Crippen molar-refractivity contribution < 1.29 is 19.4 Å². The van der Waals surface area contributed by atoms with Crippen LogP contribution in [-0.2, 0) is 11.3 Å². The van der Waals surface area contributed by atoms with E-state index in [2.05, 4.69) is 26.2 Å². The molecule has 0 saturated heterocycles. The van der Waals surface area contributed by atoms with Gasteiger partial charge in [-0.1, -0.05) is 15.9 Å². The lowest BCUT2D eigenvalue weighted by atomic mass is 10.1. The Bertz CT molecular complexity index is 842. The number of alkyl carbamates (subject to hydrolysis) is 1. The summed E-state index contributed by atoms with van der Waals surface area (Å²) >= 11 is 3.30. The summed E-state index contributed by atoms with van der Waals surface area (Å²) in [6, 6.07) is 3.30. The minimum absolute atomic E-state index is 0.162. The molecule has 0 radical (unpaired) electrons. The van der Waals surface area contributed by atoms with Gasteiger partial charge in [0.1, 0.15) is 5.60 Å². The summed E-state index contributed by atoms with van der Waals surface area (Å²) in [4.78, 5) is 27.4. The van der Waals surface area contributed by atoms with E-state index in [-0.39, 0.29) is 11.5 Å². The van der Waals surface area contributed by atoms with Crippen LogP contribution in [0, 0.1) is 0 Å². The molecule has 1 amide bonds. The van der Waals surface area contributed by atoms with E-state index < -0.39 is 17.7 Å². The summed E-state index contributed by atoms with van der Waals surface area (Å²) in [6.07, 6.45) is 1.97. The Hall–Kier alpha value is -2.29. The average Bonchev–Trinajstić information content (AvgIpc) is 2.83. The smallest absolute Gasteiger partial charge is 0.407 e. The molecule has 2 rings (SSSR count). The highest BCUT2D eigenvalue weighted by Gasteiger charge is 2.18. The summed E-state index contributed by atoms with van der Waals surface area (Å²) in [6.45, 7) is 6.52. The van der Waals surface area contributed by atoms with Gasteiger partial charge < -0.3 is 25.5 Å². The van der Waals surface area contributed by atoms with Crippen LogP contribution in [-0.4, -0.2) is 38.9 Å². The SMILES string of the molecule is CC(C)(C)OC(=O)NCCCCCn1c(N)nc2cc(Br)cc(C(=O)O)c21. The zero-order valence-electron chi connectivity index (χ0n) is 15.7. The van der Waals surface area contributed by atoms with Crippen LogP contribution in [0.25, 0.3) is 11.0 Å². The molecule has 148 valence electrons.